The maximum Gasteiger partial charge on any atom is 0.237 e. The Kier molecular flexibility index (Phi) is 7.82. The minimum absolute atomic E-state index is 0. The first-order valence-corrected chi connectivity index (χ1v) is 9.55. The van der Waals surface area contributed by atoms with Crippen LogP contribution in [0.1, 0.15) is 70.6 Å². The Morgan fingerprint density at radius 1 is 0.958 bits per heavy atom. The number of rotatable bonds is 5. The highest BCUT2D eigenvalue weighted by Crippen LogP contribution is 2.33. The molecule has 0 aromatic carbocycles. The lowest BCUT2D eigenvalue weighted by atomic mass is 9.85. The summed E-state index contributed by atoms with van der Waals surface area (Å²) in [5.41, 5.74) is 0. The van der Waals surface area contributed by atoms with Gasteiger partial charge >= 0.3 is 0 Å². The summed E-state index contributed by atoms with van der Waals surface area (Å²) in [6, 6.07) is 0.838. The molecule has 3 aliphatic rings. The molecule has 2 amide bonds. The molecule has 1 aliphatic heterocycles. The lowest BCUT2D eigenvalue weighted by Gasteiger charge is -2.24. The minimum atomic E-state index is -0.0514. The number of hydrogen-bond donors (Lipinski definition) is 3. The third kappa shape index (κ3) is 5.35. The molecular weight excluding hydrogens is 326 g/mol. The van der Waals surface area contributed by atoms with Gasteiger partial charge in [0.2, 0.25) is 11.8 Å². The number of hydrogen-bond acceptors (Lipinski definition) is 3. The van der Waals surface area contributed by atoms with E-state index < -0.39 is 0 Å². The van der Waals surface area contributed by atoms with Gasteiger partial charge in [-0.25, -0.2) is 0 Å². The Morgan fingerprint density at radius 2 is 1.67 bits per heavy atom. The topological polar surface area (TPSA) is 70.2 Å². The second-order valence-corrected chi connectivity index (χ2v) is 7.55. The van der Waals surface area contributed by atoms with Gasteiger partial charge in [-0.2, -0.15) is 0 Å². The predicted molar refractivity (Wildman–Crippen MR) is 97.2 cm³/mol. The van der Waals surface area contributed by atoms with Crippen LogP contribution in [-0.2, 0) is 9.59 Å². The zero-order valence-electron chi connectivity index (χ0n) is 14.5. The van der Waals surface area contributed by atoms with Crippen molar-refractivity contribution in [2.75, 3.05) is 6.54 Å². The minimum Gasteiger partial charge on any atom is -0.354 e. The first-order valence-electron chi connectivity index (χ1n) is 9.55. The van der Waals surface area contributed by atoms with E-state index >= 15 is 0 Å². The molecule has 138 valence electrons. The zero-order valence-corrected chi connectivity index (χ0v) is 15.3. The highest BCUT2D eigenvalue weighted by atomic mass is 35.5. The van der Waals surface area contributed by atoms with Crippen molar-refractivity contribution >= 4 is 24.2 Å². The molecular formula is C18H32ClN3O2. The third-order valence-electron chi connectivity index (χ3n) is 5.80. The largest absolute Gasteiger partial charge is 0.354 e. The maximum absolute atomic E-state index is 12.3. The van der Waals surface area contributed by atoms with Gasteiger partial charge < -0.3 is 16.0 Å². The first-order chi connectivity index (χ1) is 11.2. The van der Waals surface area contributed by atoms with Crippen molar-refractivity contribution in [3.63, 3.8) is 0 Å². The molecule has 0 aromatic heterocycles. The summed E-state index contributed by atoms with van der Waals surface area (Å²) in [4.78, 5) is 24.2. The predicted octanol–water partition coefficient (Wildman–Crippen LogP) is 2.28. The molecule has 1 heterocycles. The number of fused-ring (bicyclic) bond motifs is 1. The molecule has 6 heteroatoms. The van der Waals surface area contributed by atoms with E-state index in [4.69, 9.17) is 0 Å². The summed E-state index contributed by atoms with van der Waals surface area (Å²) in [7, 11) is 0. The fraction of sp³-hybridized carbons (Fsp3) is 0.889. The van der Waals surface area contributed by atoms with Gasteiger partial charge in [-0.15, -0.1) is 12.4 Å². The van der Waals surface area contributed by atoms with E-state index in [1.165, 1.54) is 44.9 Å². The summed E-state index contributed by atoms with van der Waals surface area (Å²) in [5, 5.41) is 9.52. The fourth-order valence-corrected chi connectivity index (χ4v) is 4.49. The quantitative estimate of drug-likeness (QED) is 0.707. The molecule has 3 unspecified atom stereocenters. The van der Waals surface area contributed by atoms with Crippen molar-refractivity contribution < 1.29 is 9.59 Å². The summed E-state index contributed by atoms with van der Waals surface area (Å²) in [5.74, 6) is 0.823. The molecule has 0 spiro atoms. The molecule has 24 heavy (non-hydrogen) atoms. The van der Waals surface area contributed by atoms with Gasteiger partial charge in [-0.1, -0.05) is 32.1 Å². The lowest BCUT2D eigenvalue weighted by molar-refractivity contribution is -0.123. The summed E-state index contributed by atoms with van der Waals surface area (Å²) in [6.45, 7) is 0.449. The maximum atomic E-state index is 12.3. The van der Waals surface area contributed by atoms with Crippen molar-refractivity contribution in [2.45, 2.75) is 88.8 Å². The molecule has 1 saturated heterocycles. The smallest absolute Gasteiger partial charge is 0.237 e. The highest BCUT2D eigenvalue weighted by Gasteiger charge is 2.37. The van der Waals surface area contributed by atoms with Gasteiger partial charge in [-0.05, 0) is 38.0 Å². The Morgan fingerprint density at radius 3 is 2.42 bits per heavy atom. The van der Waals surface area contributed by atoms with Crippen molar-refractivity contribution in [2.24, 2.45) is 5.92 Å². The van der Waals surface area contributed by atoms with Gasteiger partial charge in [-0.3, -0.25) is 9.59 Å². The second kappa shape index (κ2) is 9.62. The lowest BCUT2D eigenvalue weighted by Crippen LogP contribution is -2.44. The fourth-order valence-electron chi connectivity index (χ4n) is 4.49. The standard InChI is InChI=1S/C18H31N3O2.ClH/c22-17(20-14-7-2-1-3-8-14)10-11-19-18(23)16-12-13-6-4-5-9-15(13)21-16;/h13-16,21H,1-12H2,(H,19,23)(H,20,22);1H. The van der Waals surface area contributed by atoms with Crippen LogP contribution >= 0.6 is 12.4 Å². The van der Waals surface area contributed by atoms with E-state index in [0.29, 0.717) is 31.0 Å². The van der Waals surface area contributed by atoms with Crippen LogP contribution in [0.5, 0.6) is 0 Å². The normalized spacial score (nSPS) is 30.1. The van der Waals surface area contributed by atoms with Crippen LogP contribution in [-0.4, -0.2) is 36.5 Å². The van der Waals surface area contributed by atoms with E-state index in [1.807, 2.05) is 0 Å². The molecule has 2 saturated carbocycles. The van der Waals surface area contributed by atoms with Crippen LogP contribution in [0.3, 0.4) is 0 Å². The van der Waals surface area contributed by atoms with E-state index in [1.54, 1.807) is 0 Å². The molecule has 0 aromatic rings. The third-order valence-corrected chi connectivity index (χ3v) is 5.80. The van der Waals surface area contributed by atoms with Crippen LogP contribution in [0.15, 0.2) is 0 Å². The van der Waals surface area contributed by atoms with Gasteiger partial charge in [0.1, 0.15) is 0 Å². The summed E-state index contributed by atoms with van der Waals surface area (Å²) in [6.07, 6.45) is 12.3. The van der Waals surface area contributed by atoms with Crippen LogP contribution in [0.25, 0.3) is 0 Å². The molecule has 3 N–H and O–H groups in total. The van der Waals surface area contributed by atoms with Crippen LogP contribution in [0.2, 0.25) is 0 Å². The van der Waals surface area contributed by atoms with E-state index in [-0.39, 0.29) is 30.3 Å². The molecule has 3 fully saturated rings. The molecule has 5 nitrogen and oxygen atoms in total. The number of amides is 2. The number of halogens is 1. The van der Waals surface area contributed by atoms with Crippen molar-refractivity contribution in [1.82, 2.24) is 16.0 Å². The second-order valence-electron chi connectivity index (χ2n) is 7.55. The van der Waals surface area contributed by atoms with E-state index in [9.17, 15) is 9.59 Å². The zero-order chi connectivity index (χ0) is 16.1. The Labute approximate surface area is 151 Å². The average Bonchev–Trinajstić information content (AvgIpc) is 3.00. The number of nitrogens with one attached hydrogen (secondary N) is 3. The van der Waals surface area contributed by atoms with Crippen molar-refractivity contribution in [3.8, 4) is 0 Å². The highest BCUT2D eigenvalue weighted by molar-refractivity contribution is 5.85. The van der Waals surface area contributed by atoms with Crippen molar-refractivity contribution in [1.29, 1.82) is 0 Å². The average molecular weight is 358 g/mol. The van der Waals surface area contributed by atoms with Gasteiger partial charge in [0.25, 0.3) is 0 Å². The summed E-state index contributed by atoms with van der Waals surface area (Å²) >= 11 is 0. The summed E-state index contributed by atoms with van der Waals surface area (Å²) < 4.78 is 0. The van der Waals surface area contributed by atoms with Gasteiger partial charge in [0.05, 0.1) is 6.04 Å². The Bertz CT molecular complexity index is 412. The van der Waals surface area contributed by atoms with E-state index in [2.05, 4.69) is 16.0 Å². The molecule has 2 aliphatic carbocycles. The van der Waals surface area contributed by atoms with Crippen LogP contribution in [0, 0.1) is 5.92 Å². The van der Waals surface area contributed by atoms with Crippen LogP contribution in [0.4, 0.5) is 0 Å². The van der Waals surface area contributed by atoms with Crippen molar-refractivity contribution in [3.05, 3.63) is 0 Å². The van der Waals surface area contributed by atoms with Crippen LogP contribution < -0.4 is 16.0 Å². The Balaban J connectivity index is 0.00000208. The van der Waals surface area contributed by atoms with E-state index in [0.717, 1.165) is 19.3 Å². The number of carbonyl (C=O) groups excluding carboxylic acids is 2. The van der Waals surface area contributed by atoms with Gasteiger partial charge in [0, 0.05) is 25.0 Å². The number of carbonyl (C=O) groups is 2. The monoisotopic (exact) mass is 357 g/mol. The molecule has 0 radical (unpaired) electrons. The molecule has 3 rings (SSSR count). The Hall–Kier alpha value is -0.810. The van der Waals surface area contributed by atoms with Gasteiger partial charge in [0.15, 0.2) is 0 Å². The SMILES string of the molecule is Cl.O=C(CCNC(=O)C1CC2CCCCC2N1)NC1CCCCC1. The molecule has 3 atom stereocenters. The first kappa shape index (κ1) is 19.5. The molecule has 0 bridgehead atoms.